The first-order valence-electron chi connectivity index (χ1n) is 5.68. The molecular weight excluding hydrogens is 188 g/mol. The Labute approximate surface area is 92.8 Å². The highest BCUT2D eigenvalue weighted by Crippen LogP contribution is 2.50. The zero-order chi connectivity index (χ0) is 11.9. The van der Waals surface area contributed by atoms with Gasteiger partial charge in [-0.05, 0) is 23.2 Å². The first-order chi connectivity index (χ1) is 6.64. The predicted molar refractivity (Wildman–Crippen MR) is 62.3 cm³/mol. The Balaban J connectivity index is 2.31. The van der Waals surface area contributed by atoms with Crippen molar-refractivity contribution in [2.45, 2.75) is 47.1 Å². The summed E-state index contributed by atoms with van der Waals surface area (Å²) in [4.78, 5) is 11.7. The van der Waals surface area contributed by atoms with Crippen molar-refractivity contribution in [1.82, 2.24) is 5.32 Å². The third-order valence-corrected chi connectivity index (χ3v) is 3.46. The lowest BCUT2D eigenvalue weighted by atomic mass is 9.87. The van der Waals surface area contributed by atoms with Crippen LogP contribution < -0.4 is 11.1 Å². The summed E-state index contributed by atoms with van der Waals surface area (Å²) >= 11 is 0. The molecule has 0 spiro atoms. The maximum absolute atomic E-state index is 11.7. The molecular formula is C12H24N2O. The quantitative estimate of drug-likeness (QED) is 0.745. The van der Waals surface area contributed by atoms with Gasteiger partial charge in [-0.1, -0.05) is 34.6 Å². The molecule has 0 bridgehead atoms. The standard InChI is InChI=1S/C12H24N2O/c1-11(2,3)9(13)10(15)14-7-8-6-12(8,4)5/h8-9H,6-7,13H2,1-5H3,(H,14,15)/t8?,9-/m1/s1. The van der Waals surface area contributed by atoms with Crippen molar-refractivity contribution in [2.24, 2.45) is 22.5 Å². The number of nitrogens with one attached hydrogen (secondary N) is 1. The summed E-state index contributed by atoms with van der Waals surface area (Å²) in [6, 6.07) is -0.417. The number of carbonyl (C=O) groups excluding carboxylic acids is 1. The number of carbonyl (C=O) groups is 1. The van der Waals surface area contributed by atoms with Crippen molar-refractivity contribution < 1.29 is 4.79 Å². The van der Waals surface area contributed by atoms with Gasteiger partial charge in [0.25, 0.3) is 0 Å². The van der Waals surface area contributed by atoms with Crippen LogP contribution >= 0.6 is 0 Å². The summed E-state index contributed by atoms with van der Waals surface area (Å²) in [5.74, 6) is 0.610. The minimum absolute atomic E-state index is 0.0230. The van der Waals surface area contributed by atoms with Crippen LogP contribution in [0.2, 0.25) is 0 Å². The van der Waals surface area contributed by atoms with Crippen molar-refractivity contribution in [3.63, 3.8) is 0 Å². The Morgan fingerprint density at radius 1 is 1.53 bits per heavy atom. The molecule has 1 aliphatic carbocycles. The average Bonchev–Trinajstić information content (AvgIpc) is 2.67. The van der Waals surface area contributed by atoms with E-state index in [1.54, 1.807) is 0 Å². The summed E-state index contributed by atoms with van der Waals surface area (Å²) in [5, 5.41) is 2.94. The lowest BCUT2D eigenvalue weighted by Gasteiger charge is -2.25. The van der Waals surface area contributed by atoms with E-state index in [0.717, 1.165) is 6.54 Å². The van der Waals surface area contributed by atoms with Gasteiger partial charge in [-0.3, -0.25) is 4.79 Å². The first kappa shape index (κ1) is 12.5. The number of hydrogen-bond donors (Lipinski definition) is 2. The summed E-state index contributed by atoms with van der Waals surface area (Å²) in [7, 11) is 0. The Kier molecular flexibility index (Phi) is 3.15. The molecule has 1 unspecified atom stereocenters. The van der Waals surface area contributed by atoms with Gasteiger partial charge in [0.15, 0.2) is 0 Å². The van der Waals surface area contributed by atoms with Gasteiger partial charge in [0.2, 0.25) is 5.91 Å². The molecule has 3 heteroatoms. The van der Waals surface area contributed by atoms with Crippen LogP contribution in [-0.2, 0) is 4.79 Å². The fourth-order valence-electron chi connectivity index (χ4n) is 1.65. The van der Waals surface area contributed by atoms with E-state index in [1.165, 1.54) is 6.42 Å². The van der Waals surface area contributed by atoms with Gasteiger partial charge >= 0.3 is 0 Å². The third kappa shape index (κ3) is 3.20. The molecule has 1 aliphatic rings. The molecule has 0 aliphatic heterocycles. The summed E-state index contributed by atoms with van der Waals surface area (Å²) in [6.45, 7) is 11.2. The van der Waals surface area contributed by atoms with Gasteiger partial charge in [-0.2, -0.15) is 0 Å². The summed E-state index contributed by atoms with van der Waals surface area (Å²) < 4.78 is 0. The topological polar surface area (TPSA) is 55.1 Å². The van der Waals surface area contributed by atoms with Crippen LogP contribution in [0.4, 0.5) is 0 Å². The minimum Gasteiger partial charge on any atom is -0.354 e. The Hall–Kier alpha value is -0.570. The predicted octanol–water partition coefficient (Wildman–Crippen LogP) is 1.52. The molecule has 0 aromatic carbocycles. The molecule has 1 fully saturated rings. The van der Waals surface area contributed by atoms with Gasteiger partial charge in [0, 0.05) is 6.54 Å². The zero-order valence-electron chi connectivity index (χ0n) is 10.6. The second-order valence-electron chi connectivity index (χ2n) is 6.48. The lowest BCUT2D eigenvalue weighted by Crippen LogP contribution is -2.49. The molecule has 0 radical (unpaired) electrons. The van der Waals surface area contributed by atoms with E-state index in [1.807, 2.05) is 20.8 Å². The third-order valence-electron chi connectivity index (χ3n) is 3.46. The molecule has 3 N–H and O–H groups in total. The van der Waals surface area contributed by atoms with E-state index < -0.39 is 6.04 Å². The zero-order valence-corrected chi connectivity index (χ0v) is 10.6. The van der Waals surface area contributed by atoms with Crippen LogP contribution in [0.3, 0.4) is 0 Å². The van der Waals surface area contributed by atoms with Gasteiger partial charge < -0.3 is 11.1 Å². The van der Waals surface area contributed by atoms with Gasteiger partial charge in [-0.15, -0.1) is 0 Å². The van der Waals surface area contributed by atoms with Crippen LogP contribution in [0.1, 0.15) is 41.0 Å². The summed E-state index contributed by atoms with van der Waals surface area (Å²) in [5.41, 5.74) is 6.11. The molecule has 1 rings (SSSR count). The normalized spacial score (nSPS) is 25.9. The smallest absolute Gasteiger partial charge is 0.237 e. The monoisotopic (exact) mass is 212 g/mol. The maximum Gasteiger partial charge on any atom is 0.237 e. The van der Waals surface area contributed by atoms with E-state index in [9.17, 15) is 4.79 Å². The number of hydrogen-bond acceptors (Lipinski definition) is 2. The van der Waals surface area contributed by atoms with Crippen molar-refractivity contribution in [2.75, 3.05) is 6.54 Å². The van der Waals surface area contributed by atoms with Crippen LogP contribution in [-0.4, -0.2) is 18.5 Å². The molecule has 15 heavy (non-hydrogen) atoms. The van der Waals surface area contributed by atoms with Crippen molar-refractivity contribution in [1.29, 1.82) is 0 Å². The lowest BCUT2D eigenvalue weighted by molar-refractivity contribution is -0.124. The van der Waals surface area contributed by atoms with Crippen molar-refractivity contribution >= 4 is 5.91 Å². The SMILES string of the molecule is CC1(C)CC1CNC(=O)[C@@H](N)C(C)(C)C. The van der Waals surface area contributed by atoms with Gasteiger partial charge in [-0.25, -0.2) is 0 Å². The molecule has 3 nitrogen and oxygen atoms in total. The second-order valence-corrected chi connectivity index (χ2v) is 6.48. The molecule has 1 saturated carbocycles. The summed E-state index contributed by atoms with van der Waals surface area (Å²) in [6.07, 6.45) is 1.21. The van der Waals surface area contributed by atoms with E-state index in [-0.39, 0.29) is 11.3 Å². The van der Waals surface area contributed by atoms with Crippen LogP contribution in [0.25, 0.3) is 0 Å². The number of amides is 1. The molecule has 88 valence electrons. The highest BCUT2D eigenvalue weighted by Gasteiger charge is 2.45. The molecule has 1 amide bonds. The van der Waals surface area contributed by atoms with E-state index in [2.05, 4.69) is 19.2 Å². The van der Waals surface area contributed by atoms with Crippen molar-refractivity contribution in [3.8, 4) is 0 Å². The highest BCUT2D eigenvalue weighted by molar-refractivity contribution is 5.82. The van der Waals surface area contributed by atoms with Crippen LogP contribution in [0, 0.1) is 16.7 Å². The van der Waals surface area contributed by atoms with Gasteiger partial charge in [0.1, 0.15) is 0 Å². The van der Waals surface area contributed by atoms with E-state index in [4.69, 9.17) is 5.73 Å². The molecule has 0 aromatic heterocycles. The van der Waals surface area contributed by atoms with E-state index in [0.29, 0.717) is 11.3 Å². The second kappa shape index (κ2) is 3.78. The number of rotatable bonds is 3. The fraction of sp³-hybridized carbons (Fsp3) is 0.917. The van der Waals surface area contributed by atoms with Crippen molar-refractivity contribution in [3.05, 3.63) is 0 Å². The maximum atomic E-state index is 11.7. The number of nitrogens with two attached hydrogens (primary N) is 1. The Morgan fingerprint density at radius 3 is 2.33 bits per heavy atom. The molecule has 0 saturated heterocycles. The Morgan fingerprint density at radius 2 is 2.00 bits per heavy atom. The molecule has 0 aromatic rings. The van der Waals surface area contributed by atoms with Crippen LogP contribution in [0.5, 0.6) is 0 Å². The van der Waals surface area contributed by atoms with Crippen LogP contribution in [0.15, 0.2) is 0 Å². The van der Waals surface area contributed by atoms with Gasteiger partial charge in [0.05, 0.1) is 6.04 Å². The molecule has 2 atom stereocenters. The first-order valence-corrected chi connectivity index (χ1v) is 5.68. The fourth-order valence-corrected chi connectivity index (χ4v) is 1.65. The molecule has 0 heterocycles. The van der Waals surface area contributed by atoms with E-state index >= 15 is 0 Å². The largest absolute Gasteiger partial charge is 0.354 e. The highest BCUT2D eigenvalue weighted by atomic mass is 16.2. The average molecular weight is 212 g/mol. The Bertz CT molecular complexity index is 253. The minimum atomic E-state index is -0.417.